The van der Waals surface area contributed by atoms with E-state index >= 15 is 0 Å². The van der Waals surface area contributed by atoms with Crippen LogP contribution in [0.5, 0.6) is 0 Å². The first-order valence-corrected chi connectivity index (χ1v) is 11.8. The van der Waals surface area contributed by atoms with Gasteiger partial charge in [-0.3, -0.25) is 4.79 Å². The molecule has 180 valence electrons. The van der Waals surface area contributed by atoms with Crippen LogP contribution in [0.1, 0.15) is 30.7 Å². The Hall–Kier alpha value is -2.85. The number of alkyl halides is 2. The minimum absolute atomic E-state index is 0.0307. The summed E-state index contributed by atoms with van der Waals surface area (Å²) in [5, 5.41) is 7.03. The molecule has 0 atom stereocenters. The second kappa shape index (κ2) is 10.6. The van der Waals surface area contributed by atoms with Crippen molar-refractivity contribution in [2.75, 3.05) is 37.0 Å². The first-order valence-electron chi connectivity index (χ1n) is 11.0. The summed E-state index contributed by atoms with van der Waals surface area (Å²) in [7, 11) is 4.22. The van der Waals surface area contributed by atoms with Gasteiger partial charge >= 0.3 is 6.43 Å². The molecule has 0 N–H and O–H groups in total. The molecule has 0 bridgehead atoms. The van der Waals surface area contributed by atoms with Gasteiger partial charge in [0.15, 0.2) is 0 Å². The van der Waals surface area contributed by atoms with Gasteiger partial charge in [-0.05, 0) is 68.9 Å². The van der Waals surface area contributed by atoms with E-state index in [-0.39, 0.29) is 5.89 Å². The van der Waals surface area contributed by atoms with Gasteiger partial charge in [0.1, 0.15) is 0 Å². The van der Waals surface area contributed by atoms with Crippen LogP contribution in [-0.4, -0.2) is 54.7 Å². The fourth-order valence-electron chi connectivity index (χ4n) is 4.17. The third-order valence-corrected chi connectivity index (χ3v) is 6.66. The second-order valence-corrected chi connectivity index (χ2v) is 9.37. The highest BCUT2D eigenvalue weighted by Crippen LogP contribution is 2.35. The Kier molecular flexibility index (Phi) is 7.57. The fourth-order valence-corrected chi connectivity index (χ4v) is 4.52. The number of hydrogen-bond donors (Lipinski definition) is 0. The molecule has 0 saturated carbocycles. The van der Waals surface area contributed by atoms with Crippen LogP contribution in [-0.2, 0) is 11.3 Å². The standard InChI is InChI=1S/C24H26BrF2N5O2/c1-30-11-9-19(10-12-30)31(2)20-8-7-18(25)13-21(20)32(15-33)14-16-3-5-17(6-4-16)23-28-29-24(34-23)22(26)27/h3-8,13,15,19,22H,9-12,14H2,1-2H3. The predicted octanol–water partition coefficient (Wildman–Crippen LogP) is 5.13. The van der Waals surface area contributed by atoms with E-state index in [1.165, 1.54) is 0 Å². The fraction of sp³-hybridized carbons (Fsp3) is 0.375. The van der Waals surface area contributed by atoms with E-state index in [1.807, 2.05) is 30.3 Å². The van der Waals surface area contributed by atoms with Crippen LogP contribution in [0.2, 0.25) is 0 Å². The van der Waals surface area contributed by atoms with Crippen LogP contribution in [0.15, 0.2) is 51.4 Å². The summed E-state index contributed by atoms with van der Waals surface area (Å²) in [6.45, 7) is 2.44. The van der Waals surface area contributed by atoms with Gasteiger partial charge in [0, 0.05) is 23.1 Å². The zero-order valence-corrected chi connectivity index (χ0v) is 20.6. The Morgan fingerprint density at radius 2 is 1.85 bits per heavy atom. The molecule has 1 saturated heterocycles. The topological polar surface area (TPSA) is 65.7 Å². The molecule has 4 rings (SSSR count). The summed E-state index contributed by atoms with van der Waals surface area (Å²) in [6, 6.07) is 13.4. The summed E-state index contributed by atoms with van der Waals surface area (Å²) in [5.74, 6) is -0.676. The van der Waals surface area contributed by atoms with Gasteiger partial charge in [0.2, 0.25) is 12.3 Å². The van der Waals surface area contributed by atoms with Gasteiger partial charge in [-0.25, -0.2) is 0 Å². The maximum atomic E-state index is 12.7. The summed E-state index contributed by atoms with van der Waals surface area (Å²) in [4.78, 5) is 18.4. The molecule has 2 aromatic carbocycles. The lowest BCUT2D eigenvalue weighted by molar-refractivity contribution is -0.107. The van der Waals surface area contributed by atoms with E-state index in [2.05, 4.69) is 50.0 Å². The minimum Gasteiger partial charge on any atom is -0.415 e. The van der Waals surface area contributed by atoms with Crippen molar-refractivity contribution in [1.82, 2.24) is 15.1 Å². The lowest BCUT2D eigenvalue weighted by Crippen LogP contribution is -2.42. The molecule has 1 fully saturated rings. The van der Waals surface area contributed by atoms with Crippen molar-refractivity contribution >= 4 is 33.7 Å². The summed E-state index contributed by atoms with van der Waals surface area (Å²) >= 11 is 3.54. The van der Waals surface area contributed by atoms with E-state index in [9.17, 15) is 13.6 Å². The van der Waals surface area contributed by atoms with Gasteiger partial charge < -0.3 is 19.1 Å². The molecule has 1 aromatic heterocycles. The normalized spacial score (nSPS) is 15.0. The number of hydrogen-bond acceptors (Lipinski definition) is 6. The molecule has 3 aromatic rings. The van der Waals surface area contributed by atoms with Gasteiger partial charge in [-0.1, -0.05) is 28.1 Å². The number of anilines is 2. The number of carbonyl (C=O) groups is 1. The smallest absolute Gasteiger partial charge is 0.314 e. The van der Waals surface area contributed by atoms with Crippen LogP contribution >= 0.6 is 15.9 Å². The summed E-state index contributed by atoms with van der Waals surface area (Å²) < 4.78 is 31.3. The minimum atomic E-state index is -2.81. The second-order valence-electron chi connectivity index (χ2n) is 8.45. The zero-order valence-electron chi connectivity index (χ0n) is 19.0. The van der Waals surface area contributed by atoms with Crippen molar-refractivity contribution < 1.29 is 18.0 Å². The molecule has 0 unspecified atom stereocenters. The van der Waals surface area contributed by atoms with Crippen LogP contribution in [0.25, 0.3) is 11.5 Å². The van der Waals surface area contributed by atoms with E-state index in [4.69, 9.17) is 4.42 Å². The molecule has 2 heterocycles. The third kappa shape index (κ3) is 5.44. The molecule has 1 aliphatic heterocycles. The van der Waals surface area contributed by atoms with Crippen LogP contribution in [0.3, 0.4) is 0 Å². The number of aromatic nitrogens is 2. The monoisotopic (exact) mass is 533 g/mol. The van der Waals surface area contributed by atoms with Crippen molar-refractivity contribution in [3.63, 3.8) is 0 Å². The van der Waals surface area contributed by atoms with Crippen LogP contribution in [0.4, 0.5) is 20.2 Å². The Bertz CT molecular complexity index is 1120. The first-order chi connectivity index (χ1) is 16.4. The van der Waals surface area contributed by atoms with E-state index < -0.39 is 12.3 Å². The van der Waals surface area contributed by atoms with E-state index in [0.29, 0.717) is 18.2 Å². The summed E-state index contributed by atoms with van der Waals surface area (Å²) in [5.41, 5.74) is 3.21. The lowest BCUT2D eigenvalue weighted by Gasteiger charge is -2.38. The molecule has 10 heteroatoms. The van der Waals surface area contributed by atoms with Gasteiger partial charge in [0.25, 0.3) is 5.89 Å². The van der Waals surface area contributed by atoms with Crippen molar-refractivity contribution in [3.8, 4) is 11.5 Å². The molecule has 7 nitrogen and oxygen atoms in total. The van der Waals surface area contributed by atoms with Crippen molar-refractivity contribution in [2.24, 2.45) is 0 Å². The third-order valence-electron chi connectivity index (χ3n) is 6.17. The van der Waals surface area contributed by atoms with Gasteiger partial charge in [-0.15, -0.1) is 10.2 Å². The molecule has 0 aliphatic carbocycles. The van der Waals surface area contributed by atoms with Gasteiger partial charge in [0.05, 0.1) is 17.9 Å². The average Bonchev–Trinajstić information content (AvgIpc) is 3.34. The van der Waals surface area contributed by atoms with E-state index in [0.717, 1.165) is 53.8 Å². The van der Waals surface area contributed by atoms with Crippen molar-refractivity contribution in [1.29, 1.82) is 0 Å². The summed E-state index contributed by atoms with van der Waals surface area (Å²) in [6.07, 6.45) is 0.144. The Labute approximate surface area is 205 Å². The first kappa shape index (κ1) is 24.3. The highest BCUT2D eigenvalue weighted by molar-refractivity contribution is 9.10. The van der Waals surface area contributed by atoms with E-state index in [1.54, 1.807) is 17.0 Å². The molecule has 34 heavy (non-hydrogen) atoms. The van der Waals surface area contributed by atoms with Gasteiger partial charge in [-0.2, -0.15) is 8.78 Å². The Morgan fingerprint density at radius 3 is 2.47 bits per heavy atom. The largest absolute Gasteiger partial charge is 0.415 e. The van der Waals surface area contributed by atoms with Crippen molar-refractivity contribution in [2.45, 2.75) is 31.9 Å². The molecule has 0 spiro atoms. The predicted molar refractivity (Wildman–Crippen MR) is 130 cm³/mol. The molecule has 1 aliphatic rings. The Balaban J connectivity index is 1.54. The number of nitrogens with zero attached hydrogens (tertiary/aromatic N) is 5. The van der Waals surface area contributed by atoms with Crippen LogP contribution < -0.4 is 9.80 Å². The van der Waals surface area contributed by atoms with Crippen LogP contribution in [0, 0.1) is 0 Å². The quantitative estimate of drug-likeness (QED) is 0.374. The van der Waals surface area contributed by atoms with Crippen molar-refractivity contribution in [3.05, 3.63) is 58.4 Å². The zero-order chi connectivity index (χ0) is 24.2. The SMILES string of the molecule is CN1CCC(N(C)c2ccc(Br)cc2N(C=O)Cc2ccc(-c3nnc(C(F)F)o3)cc2)CC1. The number of rotatable bonds is 8. The number of amides is 1. The average molecular weight is 534 g/mol. The number of benzene rings is 2. The molecule has 0 radical (unpaired) electrons. The molecule has 1 amide bonds. The highest BCUT2D eigenvalue weighted by atomic mass is 79.9. The number of likely N-dealkylation sites (tertiary alicyclic amines) is 1. The Morgan fingerprint density at radius 1 is 1.15 bits per heavy atom. The molecular formula is C24H26BrF2N5O2. The number of halogens is 3. The number of piperidine rings is 1. The highest BCUT2D eigenvalue weighted by Gasteiger charge is 2.24. The number of carbonyl (C=O) groups excluding carboxylic acids is 1. The maximum Gasteiger partial charge on any atom is 0.314 e. The maximum absolute atomic E-state index is 12.7. The molecular weight excluding hydrogens is 508 g/mol. The lowest BCUT2D eigenvalue weighted by atomic mass is 10.0.